The molecule has 2 rings (SSSR count). The molecule has 0 radical (unpaired) electrons. The Labute approximate surface area is 123 Å². The summed E-state index contributed by atoms with van der Waals surface area (Å²) in [5.74, 6) is -0.868. The Morgan fingerprint density at radius 3 is 2.81 bits per heavy atom. The molecular formula is C15H21F2N3O. The summed E-state index contributed by atoms with van der Waals surface area (Å²) in [4.78, 5) is 4.16. The fraction of sp³-hybridized carbons (Fsp3) is 0.533. The number of aliphatic imine (C=N–C) groups is 1. The van der Waals surface area contributed by atoms with Crippen LogP contribution in [0.4, 0.5) is 8.78 Å². The van der Waals surface area contributed by atoms with E-state index in [4.69, 9.17) is 10.5 Å². The zero-order valence-corrected chi connectivity index (χ0v) is 12.1. The zero-order chi connectivity index (χ0) is 15.2. The number of halogens is 2. The minimum absolute atomic E-state index is 0.0490. The van der Waals surface area contributed by atoms with Crippen molar-refractivity contribution in [2.45, 2.75) is 31.7 Å². The summed E-state index contributed by atoms with van der Waals surface area (Å²) < 4.78 is 32.5. The Bertz CT molecular complexity index is 487. The second-order valence-corrected chi connectivity index (χ2v) is 5.05. The van der Waals surface area contributed by atoms with Crippen molar-refractivity contribution >= 4 is 5.96 Å². The highest BCUT2D eigenvalue weighted by atomic mass is 19.1. The van der Waals surface area contributed by atoms with Crippen molar-refractivity contribution < 1.29 is 13.5 Å². The molecule has 1 aromatic carbocycles. The average Bonchev–Trinajstić information content (AvgIpc) is 3.17. The van der Waals surface area contributed by atoms with Gasteiger partial charge in [0.2, 0.25) is 0 Å². The van der Waals surface area contributed by atoms with Crippen LogP contribution in [0.2, 0.25) is 0 Å². The minimum atomic E-state index is -0.503. The first-order chi connectivity index (χ1) is 10.1. The number of ether oxygens (including phenoxy) is 1. The van der Waals surface area contributed by atoms with Crippen LogP contribution in [0.25, 0.3) is 0 Å². The SMILES string of the molecule is CCOCCCN=C(N)NC1CC1c1c(F)cccc1F. The van der Waals surface area contributed by atoms with Crippen LogP contribution in [-0.4, -0.2) is 31.8 Å². The van der Waals surface area contributed by atoms with Gasteiger partial charge >= 0.3 is 0 Å². The summed E-state index contributed by atoms with van der Waals surface area (Å²) >= 11 is 0. The molecule has 6 heteroatoms. The molecule has 1 aliphatic carbocycles. The molecular weight excluding hydrogens is 276 g/mol. The van der Waals surface area contributed by atoms with E-state index in [9.17, 15) is 8.78 Å². The van der Waals surface area contributed by atoms with E-state index in [-0.39, 0.29) is 17.5 Å². The van der Waals surface area contributed by atoms with Gasteiger partial charge in [0.05, 0.1) is 0 Å². The fourth-order valence-electron chi connectivity index (χ4n) is 2.28. The van der Waals surface area contributed by atoms with Gasteiger partial charge in [0.15, 0.2) is 5.96 Å². The maximum absolute atomic E-state index is 13.6. The molecule has 1 aromatic rings. The van der Waals surface area contributed by atoms with E-state index in [1.54, 1.807) is 0 Å². The number of nitrogens with two attached hydrogens (primary N) is 1. The summed E-state index contributed by atoms with van der Waals surface area (Å²) in [6.07, 6.45) is 1.46. The van der Waals surface area contributed by atoms with Crippen molar-refractivity contribution in [1.82, 2.24) is 5.32 Å². The third-order valence-corrected chi connectivity index (χ3v) is 3.43. The summed E-state index contributed by atoms with van der Waals surface area (Å²) in [6.45, 7) is 3.85. The van der Waals surface area contributed by atoms with Crippen molar-refractivity contribution in [3.63, 3.8) is 0 Å². The number of hydrogen-bond donors (Lipinski definition) is 2. The third kappa shape index (κ3) is 4.39. The lowest BCUT2D eigenvalue weighted by Crippen LogP contribution is -2.34. The van der Waals surface area contributed by atoms with Crippen molar-refractivity contribution in [2.24, 2.45) is 10.7 Å². The van der Waals surface area contributed by atoms with Gasteiger partial charge in [-0.25, -0.2) is 8.78 Å². The van der Waals surface area contributed by atoms with E-state index >= 15 is 0 Å². The van der Waals surface area contributed by atoms with E-state index in [0.717, 1.165) is 6.42 Å². The molecule has 3 N–H and O–H groups in total. The van der Waals surface area contributed by atoms with Gasteiger partial charge in [0, 0.05) is 37.3 Å². The van der Waals surface area contributed by atoms with Gasteiger partial charge in [-0.2, -0.15) is 0 Å². The first-order valence-corrected chi connectivity index (χ1v) is 7.21. The van der Waals surface area contributed by atoms with Crippen LogP contribution in [0.1, 0.15) is 31.2 Å². The first-order valence-electron chi connectivity index (χ1n) is 7.21. The van der Waals surface area contributed by atoms with Gasteiger partial charge in [0.1, 0.15) is 11.6 Å². The number of nitrogens with zero attached hydrogens (tertiary/aromatic N) is 1. The highest BCUT2D eigenvalue weighted by Gasteiger charge is 2.42. The molecule has 2 atom stereocenters. The van der Waals surface area contributed by atoms with Gasteiger partial charge in [0.25, 0.3) is 0 Å². The maximum atomic E-state index is 13.6. The first kappa shape index (κ1) is 15.7. The number of benzene rings is 1. The van der Waals surface area contributed by atoms with E-state index in [1.165, 1.54) is 18.2 Å². The van der Waals surface area contributed by atoms with Gasteiger partial charge in [-0.15, -0.1) is 0 Å². The molecule has 0 aliphatic heterocycles. The van der Waals surface area contributed by atoms with Crippen LogP contribution in [-0.2, 0) is 4.74 Å². The molecule has 0 heterocycles. The molecule has 0 aromatic heterocycles. The van der Waals surface area contributed by atoms with Crippen molar-refractivity contribution in [2.75, 3.05) is 19.8 Å². The van der Waals surface area contributed by atoms with Crippen molar-refractivity contribution in [1.29, 1.82) is 0 Å². The Morgan fingerprint density at radius 2 is 2.14 bits per heavy atom. The van der Waals surface area contributed by atoms with E-state index < -0.39 is 11.6 Å². The standard InChI is InChI=1S/C15H21F2N3O/c1-2-21-8-4-7-19-15(18)20-13-9-10(13)14-11(16)5-3-6-12(14)17/h3,5-6,10,13H,2,4,7-9H2,1H3,(H3,18,19,20). The van der Waals surface area contributed by atoms with Gasteiger partial charge in [-0.05, 0) is 31.9 Å². The summed E-state index contributed by atoms with van der Waals surface area (Å²) in [5.41, 5.74) is 5.89. The topological polar surface area (TPSA) is 59.6 Å². The Morgan fingerprint density at radius 1 is 1.43 bits per heavy atom. The monoisotopic (exact) mass is 297 g/mol. The number of guanidine groups is 1. The van der Waals surface area contributed by atoms with Crippen LogP contribution in [0.3, 0.4) is 0 Å². The molecule has 1 aliphatic rings. The van der Waals surface area contributed by atoms with Crippen LogP contribution >= 0.6 is 0 Å². The predicted molar refractivity (Wildman–Crippen MR) is 78.2 cm³/mol. The van der Waals surface area contributed by atoms with Crippen LogP contribution in [0.5, 0.6) is 0 Å². The molecule has 21 heavy (non-hydrogen) atoms. The highest BCUT2D eigenvalue weighted by molar-refractivity contribution is 5.78. The Hall–Kier alpha value is -1.69. The van der Waals surface area contributed by atoms with Gasteiger partial charge in [-0.1, -0.05) is 6.07 Å². The highest BCUT2D eigenvalue weighted by Crippen LogP contribution is 2.42. The van der Waals surface area contributed by atoms with Gasteiger partial charge in [-0.3, -0.25) is 4.99 Å². The van der Waals surface area contributed by atoms with E-state index in [1.807, 2.05) is 6.92 Å². The molecule has 0 bridgehead atoms. The van der Waals surface area contributed by atoms with Crippen molar-refractivity contribution in [3.8, 4) is 0 Å². The second kappa shape index (κ2) is 7.36. The average molecular weight is 297 g/mol. The molecule has 4 nitrogen and oxygen atoms in total. The molecule has 0 amide bonds. The maximum Gasteiger partial charge on any atom is 0.188 e. The lowest BCUT2D eigenvalue weighted by Gasteiger charge is -2.07. The Kier molecular flexibility index (Phi) is 5.50. The van der Waals surface area contributed by atoms with E-state index in [2.05, 4.69) is 10.3 Å². The predicted octanol–water partition coefficient (Wildman–Crippen LogP) is 2.15. The number of nitrogens with one attached hydrogen (secondary N) is 1. The molecule has 1 fully saturated rings. The lowest BCUT2D eigenvalue weighted by molar-refractivity contribution is 0.146. The summed E-state index contributed by atoms with van der Waals surface area (Å²) in [6, 6.07) is 3.87. The normalized spacial score (nSPS) is 21.4. The largest absolute Gasteiger partial charge is 0.382 e. The smallest absolute Gasteiger partial charge is 0.188 e. The number of rotatable bonds is 7. The molecule has 2 unspecified atom stereocenters. The lowest BCUT2D eigenvalue weighted by atomic mass is 10.1. The summed E-state index contributed by atoms with van der Waals surface area (Å²) in [5, 5.41) is 3.00. The van der Waals surface area contributed by atoms with Gasteiger partial charge < -0.3 is 15.8 Å². The van der Waals surface area contributed by atoms with Crippen LogP contribution in [0, 0.1) is 11.6 Å². The molecule has 1 saturated carbocycles. The summed E-state index contributed by atoms with van der Waals surface area (Å²) in [7, 11) is 0. The van der Waals surface area contributed by atoms with Crippen molar-refractivity contribution in [3.05, 3.63) is 35.4 Å². The molecule has 0 saturated heterocycles. The Balaban J connectivity index is 1.80. The minimum Gasteiger partial charge on any atom is -0.382 e. The fourth-order valence-corrected chi connectivity index (χ4v) is 2.28. The molecule has 116 valence electrons. The zero-order valence-electron chi connectivity index (χ0n) is 12.1. The van der Waals surface area contributed by atoms with E-state index in [0.29, 0.717) is 32.1 Å². The van der Waals surface area contributed by atoms with Crippen LogP contribution in [0.15, 0.2) is 23.2 Å². The number of hydrogen-bond acceptors (Lipinski definition) is 2. The molecule has 0 spiro atoms. The van der Waals surface area contributed by atoms with Crippen LogP contribution < -0.4 is 11.1 Å². The second-order valence-electron chi connectivity index (χ2n) is 5.05. The third-order valence-electron chi connectivity index (χ3n) is 3.43. The quantitative estimate of drug-likeness (QED) is 0.460.